The second kappa shape index (κ2) is 7.53. The largest absolute Gasteiger partial charge is 0.368 e. The molecule has 3 heterocycles. The Morgan fingerprint density at radius 1 is 1.38 bits per heavy atom. The molecule has 2 aromatic heterocycles. The summed E-state index contributed by atoms with van der Waals surface area (Å²) in [7, 11) is 0. The molecule has 3 rings (SSSR count). The van der Waals surface area contributed by atoms with E-state index < -0.39 is 0 Å². The number of ether oxygens (including phenoxy) is 1. The van der Waals surface area contributed by atoms with Crippen molar-refractivity contribution in [3.05, 3.63) is 42.0 Å². The van der Waals surface area contributed by atoms with Gasteiger partial charge in [0, 0.05) is 37.6 Å². The van der Waals surface area contributed by atoms with E-state index in [0.29, 0.717) is 26.1 Å². The standard InChI is InChI=1S/C17H23N5O2/c1-13-10-15(20-14(2)19-13)16-11-22(8-9-24-16)17(23)4-3-6-21-7-5-18-12-21/h5,7,10,12,16H,3-4,6,8-9,11H2,1-2H3. The number of rotatable bonds is 5. The Kier molecular flexibility index (Phi) is 5.20. The Morgan fingerprint density at radius 2 is 2.25 bits per heavy atom. The van der Waals surface area contributed by atoms with Gasteiger partial charge in [0.1, 0.15) is 11.9 Å². The van der Waals surface area contributed by atoms with Gasteiger partial charge in [-0.1, -0.05) is 0 Å². The molecule has 0 bridgehead atoms. The highest BCUT2D eigenvalue weighted by Gasteiger charge is 2.26. The van der Waals surface area contributed by atoms with Gasteiger partial charge in [-0.25, -0.2) is 15.0 Å². The third-order valence-corrected chi connectivity index (χ3v) is 4.10. The molecule has 1 unspecified atom stereocenters. The van der Waals surface area contributed by atoms with Crippen LogP contribution in [0.25, 0.3) is 0 Å². The van der Waals surface area contributed by atoms with Crippen molar-refractivity contribution in [2.45, 2.75) is 39.3 Å². The van der Waals surface area contributed by atoms with Crippen molar-refractivity contribution in [1.29, 1.82) is 0 Å². The zero-order valence-electron chi connectivity index (χ0n) is 14.2. The maximum Gasteiger partial charge on any atom is 0.222 e. The van der Waals surface area contributed by atoms with E-state index in [2.05, 4.69) is 15.0 Å². The predicted octanol–water partition coefficient (Wildman–Crippen LogP) is 1.67. The fourth-order valence-corrected chi connectivity index (χ4v) is 2.96. The lowest BCUT2D eigenvalue weighted by Gasteiger charge is -2.33. The van der Waals surface area contributed by atoms with E-state index in [1.807, 2.05) is 35.6 Å². The Morgan fingerprint density at radius 3 is 3.00 bits per heavy atom. The quantitative estimate of drug-likeness (QED) is 0.834. The molecule has 1 amide bonds. The summed E-state index contributed by atoms with van der Waals surface area (Å²) in [6, 6.07) is 1.94. The Hall–Kier alpha value is -2.28. The molecule has 0 N–H and O–H groups in total. The molecule has 2 aromatic rings. The van der Waals surface area contributed by atoms with Crippen molar-refractivity contribution in [1.82, 2.24) is 24.4 Å². The highest BCUT2D eigenvalue weighted by atomic mass is 16.5. The zero-order valence-corrected chi connectivity index (χ0v) is 14.2. The summed E-state index contributed by atoms with van der Waals surface area (Å²) in [5.41, 5.74) is 1.78. The van der Waals surface area contributed by atoms with E-state index in [1.165, 1.54) is 0 Å². The first kappa shape index (κ1) is 16.6. The minimum atomic E-state index is -0.170. The van der Waals surface area contributed by atoms with Crippen molar-refractivity contribution in [3.8, 4) is 0 Å². The maximum atomic E-state index is 12.5. The summed E-state index contributed by atoms with van der Waals surface area (Å²) in [6.45, 7) is 6.37. The lowest BCUT2D eigenvalue weighted by atomic mass is 10.1. The van der Waals surface area contributed by atoms with E-state index in [0.717, 1.165) is 30.2 Å². The summed E-state index contributed by atoms with van der Waals surface area (Å²) in [6.07, 6.45) is 6.61. The molecule has 0 saturated carbocycles. The minimum absolute atomic E-state index is 0.170. The van der Waals surface area contributed by atoms with Crippen LogP contribution in [0, 0.1) is 13.8 Å². The van der Waals surface area contributed by atoms with Crippen LogP contribution in [0.15, 0.2) is 24.8 Å². The van der Waals surface area contributed by atoms with Gasteiger partial charge in [0.2, 0.25) is 5.91 Å². The molecule has 0 radical (unpaired) electrons. The van der Waals surface area contributed by atoms with E-state index in [9.17, 15) is 4.79 Å². The summed E-state index contributed by atoms with van der Waals surface area (Å²) >= 11 is 0. The predicted molar refractivity (Wildman–Crippen MR) is 88.2 cm³/mol. The molecule has 24 heavy (non-hydrogen) atoms. The van der Waals surface area contributed by atoms with Crippen molar-refractivity contribution in [2.75, 3.05) is 19.7 Å². The summed E-state index contributed by atoms with van der Waals surface area (Å²) in [5.74, 6) is 0.906. The van der Waals surface area contributed by atoms with Gasteiger partial charge < -0.3 is 14.2 Å². The number of morpholine rings is 1. The SMILES string of the molecule is Cc1cc(C2CN(C(=O)CCCn3ccnc3)CCO2)nc(C)n1. The topological polar surface area (TPSA) is 73.1 Å². The first-order valence-electron chi connectivity index (χ1n) is 8.29. The van der Waals surface area contributed by atoms with E-state index in [4.69, 9.17) is 4.74 Å². The van der Waals surface area contributed by atoms with Crippen LogP contribution >= 0.6 is 0 Å². The maximum absolute atomic E-state index is 12.5. The van der Waals surface area contributed by atoms with Gasteiger partial charge in [-0.15, -0.1) is 0 Å². The van der Waals surface area contributed by atoms with Crippen LogP contribution in [0.2, 0.25) is 0 Å². The highest BCUT2D eigenvalue weighted by Crippen LogP contribution is 2.22. The van der Waals surface area contributed by atoms with Crippen LogP contribution in [0.3, 0.4) is 0 Å². The lowest BCUT2D eigenvalue weighted by Crippen LogP contribution is -2.42. The molecular formula is C17H23N5O2. The number of carbonyl (C=O) groups excluding carboxylic acids is 1. The number of hydrogen-bond acceptors (Lipinski definition) is 5. The van der Waals surface area contributed by atoms with E-state index in [1.54, 1.807) is 12.5 Å². The number of hydrogen-bond donors (Lipinski definition) is 0. The summed E-state index contributed by atoms with van der Waals surface area (Å²) in [4.78, 5) is 27.1. The van der Waals surface area contributed by atoms with Gasteiger partial charge in [0.15, 0.2) is 0 Å². The molecule has 1 saturated heterocycles. The van der Waals surface area contributed by atoms with Gasteiger partial charge >= 0.3 is 0 Å². The smallest absolute Gasteiger partial charge is 0.222 e. The van der Waals surface area contributed by atoms with Gasteiger partial charge in [-0.2, -0.15) is 0 Å². The molecule has 0 aromatic carbocycles. The van der Waals surface area contributed by atoms with Gasteiger partial charge in [0.05, 0.1) is 25.2 Å². The monoisotopic (exact) mass is 329 g/mol. The molecule has 128 valence electrons. The van der Waals surface area contributed by atoms with E-state index in [-0.39, 0.29) is 12.0 Å². The van der Waals surface area contributed by atoms with Crippen LogP contribution in [-0.2, 0) is 16.1 Å². The normalized spacial score (nSPS) is 17.9. The third-order valence-electron chi connectivity index (χ3n) is 4.10. The number of amides is 1. The summed E-state index contributed by atoms with van der Waals surface area (Å²) in [5, 5.41) is 0. The number of carbonyl (C=O) groups is 1. The van der Waals surface area contributed by atoms with Crippen LogP contribution in [-0.4, -0.2) is 50.0 Å². The van der Waals surface area contributed by atoms with Crippen molar-refractivity contribution >= 4 is 5.91 Å². The molecular weight excluding hydrogens is 306 g/mol. The average Bonchev–Trinajstić information content (AvgIpc) is 3.07. The van der Waals surface area contributed by atoms with Crippen molar-refractivity contribution in [2.24, 2.45) is 0 Å². The molecule has 0 aliphatic carbocycles. The highest BCUT2D eigenvalue weighted by molar-refractivity contribution is 5.76. The fraction of sp³-hybridized carbons (Fsp3) is 0.529. The zero-order chi connectivity index (χ0) is 16.9. The second-order valence-corrected chi connectivity index (χ2v) is 6.08. The van der Waals surface area contributed by atoms with Crippen LogP contribution < -0.4 is 0 Å². The molecule has 7 nitrogen and oxygen atoms in total. The van der Waals surface area contributed by atoms with Crippen LogP contribution in [0.1, 0.15) is 36.2 Å². The molecule has 7 heteroatoms. The molecule has 0 spiro atoms. The van der Waals surface area contributed by atoms with Gasteiger partial charge in [0.25, 0.3) is 0 Å². The first-order valence-corrected chi connectivity index (χ1v) is 8.29. The Labute approximate surface area is 141 Å². The number of imidazole rings is 1. The lowest BCUT2D eigenvalue weighted by molar-refractivity contribution is -0.139. The number of aryl methyl sites for hydroxylation is 3. The number of nitrogens with zero attached hydrogens (tertiary/aromatic N) is 5. The average molecular weight is 329 g/mol. The number of aromatic nitrogens is 4. The third kappa shape index (κ3) is 4.17. The molecule has 1 aliphatic heterocycles. The van der Waals surface area contributed by atoms with Gasteiger partial charge in [-0.3, -0.25) is 4.79 Å². The van der Waals surface area contributed by atoms with Crippen LogP contribution in [0.5, 0.6) is 0 Å². The Balaban J connectivity index is 1.55. The molecule has 1 aliphatic rings. The van der Waals surface area contributed by atoms with Crippen molar-refractivity contribution < 1.29 is 9.53 Å². The second-order valence-electron chi connectivity index (χ2n) is 6.08. The first-order chi connectivity index (χ1) is 11.6. The summed E-state index contributed by atoms with van der Waals surface area (Å²) < 4.78 is 7.81. The van der Waals surface area contributed by atoms with Crippen molar-refractivity contribution in [3.63, 3.8) is 0 Å². The Bertz CT molecular complexity index is 666. The minimum Gasteiger partial charge on any atom is -0.368 e. The van der Waals surface area contributed by atoms with E-state index >= 15 is 0 Å². The van der Waals surface area contributed by atoms with Gasteiger partial charge in [-0.05, 0) is 26.3 Å². The fourth-order valence-electron chi connectivity index (χ4n) is 2.96. The molecule has 1 fully saturated rings. The molecule has 1 atom stereocenters. The van der Waals surface area contributed by atoms with Crippen LogP contribution in [0.4, 0.5) is 0 Å².